The molecule has 1 N–H and O–H groups in total. The lowest BCUT2D eigenvalue weighted by atomic mass is 10.2. The van der Waals surface area contributed by atoms with Gasteiger partial charge in [0.1, 0.15) is 0 Å². The Kier molecular flexibility index (Phi) is 4.55. The number of hydrogen-bond donors (Lipinski definition) is 1. The molecule has 2 aromatic carbocycles. The van der Waals surface area contributed by atoms with Crippen molar-refractivity contribution in [2.75, 3.05) is 5.32 Å². The fraction of sp³-hybridized carbons (Fsp3) is 0.0769. The molecule has 0 amide bonds. The van der Waals surface area contributed by atoms with Crippen LogP contribution in [0, 0.1) is 10.1 Å². The van der Waals surface area contributed by atoms with Gasteiger partial charge < -0.3 is 5.32 Å². The second kappa shape index (κ2) is 6.16. The normalized spacial score (nSPS) is 10.2. The average Bonchev–Trinajstić information content (AvgIpc) is 2.38. The van der Waals surface area contributed by atoms with Gasteiger partial charge in [-0.1, -0.05) is 28.1 Å². The lowest BCUT2D eigenvalue weighted by Gasteiger charge is -2.09. The van der Waals surface area contributed by atoms with E-state index in [0.29, 0.717) is 6.54 Å². The molecule has 98 valence electrons. The van der Waals surface area contributed by atoms with Gasteiger partial charge in [0.2, 0.25) is 0 Å². The van der Waals surface area contributed by atoms with Crippen molar-refractivity contribution in [1.82, 2.24) is 0 Å². The van der Waals surface area contributed by atoms with Crippen LogP contribution in [0.4, 0.5) is 11.4 Å². The van der Waals surface area contributed by atoms with Crippen LogP contribution in [0.1, 0.15) is 5.56 Å². The molecule has 4 nitrogen and oxygen atoms in total. The van der Waals surface area contributed by atoms with Gasteiger partial charge in [0.15, 0.2) is 0 Å². The van der Waals surface area contributed by atoms with Gasteiger partial charge in [0, 0.05) is 33.3 Å². The summed E-state index contributed by atoms with van der Waals surface area (Å²) in [6.45, 7) is 0.530. The smallest absolute Gasteiger partial charge is 0.269 e. The summed E-state index contributed by atoms with van der Waals surface area (Å²) in [5, 5.41) is 13.9. The fourth-order valence-corrected chi connectivity index (χ4v) is 2.80. The number of benzene rings is 2. The highest BCUT2D eigenvalue weighted by molar-refractivity contribution is 9.11. The summed E-state index contributed by atoms with van der Waals surface area (Å²) in [7, 11) is 0. The molecular weight excluding hydrogens is 376 g/mol. The molecule has 0 fully saturated rings. The zero-order valence-corrected chi connectivity index (χ0v) is 12.9. The summed E-state index contributed by atoms with van der Waals surface area (Å²) >= 11 is 6.84. The van der Waals surface area contributed by atoms with Gasteiger partial charge in [-0.3, -0.25) is 10.1 Å². The summed E-state index contributed by atoms with van der Waals surface area (Å²) < 4.78 is 1.92. The van der Waals surface area contributed by atoms with E-state index in [2.05, 4.69) is 37.2 Å². The van der Waals surface area contributed by atoms with E-state index in [1.807, 2.05) is 24.3 Å². The van der Waals surface area contributed by atoms with Crippen LogP contribution in [-0.4, -0.2) is 4.92 Å². The van der Waals surface area contributed by atoms with E-state index in [1.165, 1.54) is 6.07 Å². The molecule has 19 heavy (non-hydrogen) atoms. The summed E-state index contributed by atoms with van der Waals surface area (Å²) in [6, 6.07) is 12.4. The Balaban J connectivity index is 2.10. The van der Waals surface area contributed by atoms with Crippen LogP contribution in [0.5, 0.6) is 0 Å². The maximum Gasteiger partial charge on any atom is 0.269 e. The van der Waals surface area contributed by atoms with Crippen LogP contribution in [-0.2, 0) is 6.54 Å². The zero-order valence-electron chi connectivity index (χ0n) is 9.77. The third-order valence-electron chi connectivity index (χ3n) is 2.54. The van der Waals surface area contributed by atoms with Crippen molar-refractivity contribution in [3.05, 3.63) is 67.1 Å². The molecule has 0 radical (unpaired) electrons. The van der Waals surface area contributed by atoms with Gasteiger partial charge in [0.25, 0.3) is 5.69 Å². The van der Waals surface area contributed by atoms with E-state index >= 15 is 0 Å². The quantitative estimate of drug-likeness (QED) is 0.611. The number of anilines is 1. The van der Waals surface area contributed by atoms with E-state index in [4.69, 9.17) is 0 Å². The first-order valence-corrected chi connectivity index (χ1v) is 7.07. The molecule has 0 bridgehead atoms. The van der Waals surface area contributed by atoms with Crippen LogP contribution in [0.15, 0.2) is 51.4 Å². The Hall–Kier alpha value is -1.40. The van der Waals surface area contributed by atoms with Crippen LogP contribution in [0.3, 0.4) is 0 Å². The van der Waals surface area contributed by atoms with Crippen molar-refractivity contribution in [1.29, 1.82) is 0 Å². The van der Waals surface area contributed by atoms with Crippen molar-refractivity contribution in [3.8, 4) is 0 Å². The van der Waals surface area contributed by atoms with Gasteiger partial charge in [-0.15, -0.1) is 0 Å². The summed E-state index contributed by atoms with van der Waals surface area (Å²) in [5.74, 6) is 0. The van der Waals surface area contributed by atoms with E-state index in [1.54, 1.807) is 12.1 Å². The SMILES string of the molecule is O=[N+]([O-])c1cccc(CNc2ccc(Br)cc2Br)c1. The molecule has 0 atom stereocenters. The van der Waals surface area contributed by atoms with Crippen LogP contribution in [0.25, 0.3) is 0 Å². The van der Waals surface area contributed by atoms with Crippen LogP contribution < -0.4 is 5.32 Å². The highest BCUT2D eigenvalue weighted by Crippen LogP contribution is 2.26. The van der Waals surface area contributed by atoms with Crippen molar-refractivity contribution in [2.24, 2.45) is 0 Å². The molecule has 0 saturated heterocycles. The van der Waals surface area contributed by atoms with Gasteiger partial charge in [-0.25, -0.2) is 0 Å². The highest BCUT2D eigenvalue weighted by atomic mass is 79.9. The Morgan fingerprint density at radius 3 is 2.63 bits per heavy atom. The molecule has 0 aliphatic heterocycles. The van der Waals surface area contributed by atoms with Crippen molar-refractivity contribution in [3.63, 3.8) is 0 Å². The number of nitro groups is 1. The zero-order chi connectivity index (χ0) is 13.8. The summed E-state index contributed by atoms with van der Waals surface area (Å²) in [4.78, 5) is 10.3. The van der Waals surface area contributed by atoms with Crippen molar-refractivity contribution >= 4 is 43.2 Å². The molecule has 2 rings (SSSR count). The first-order valence-electron chi connectivity index (χ1n) is 5.48. The number of nitro benzene ring substituents is 1. The largest absolute Gasteiger partial charge is 0.380 e. The standard InChI is InChI=1S/C13H10Br2N2O2/c14-10-4-5-13(12(15)7-10)16-8-9-2-1-3-11(6-9)17(18)19/h1-7,16H,8H2. The third kappa shape index (κ3) is 3.78. The number of halogens is 2. The molecular formula is C13H10Br2N2O2. The molecule has 0 aliphatic rings. The van der Waals surface area contributed by atoms with Gasteiger partial charge in [-0.05, 0) is 39.7 Å². The number of hydrogen-bond acceptors (Lipinski definition) is 3. The Bertz CT molecular complexity index is 617. The van der Waals surface area contributed by atoms with E-state index in [0.717, 1.165) is 20.2 Å². The second-order valence-corrected chi connectivity index (χ2v) is 5.67. The van der Waals surface area contributed by atoms with Crippen molar-refractivity contribution in [2.45, 2.75) is 6.54 Å². The Morgan fingerprint density at radius 1 is 1.16 bits per heavy atom. The molecule has 0 unspecified atom stereocenters. The van der Waals surface area contributed by atoms with Gasteiger partial charge in [0.05, 0.1) is 4.92 Å². The average molecular weight is 386 g/mol. The molecule has 6 heteroatoms. The monoisotopic (exact) mass is 384 g/mol. The first kappa shape index (κ1) is 14.0. The highest BCUT2D eigenvalue weighted by Gasteiger charge is 2.06. The maximum atomic E-state index is 10.7. The topological polar surface area (TPSA) is 55.2 Å². The van der Waals surface area contributed by atoms with Gasteiger partial charge in [-0.2, -0.15) is 0 Å². The van der Waals surface area contributed by atoms with Crippen molar-refractivity contribution < 1.29 is 4.92 Å². The predicted molar refractivity (Wildman–Crippen MR) is 82.3 cm³/mol. The minimum atomic E-state index is -0.390. The Morgan fingerprint density at radius 2 is 1.95 bits per heavy atom. The lowest BCUT2D eigenvalue weighted by molar-refractivity contribution is -0.384. The maximum absolute atomic E-state index is 10.7. The number of non-ortho nitro benzene ring substituents is 1. The second-order valence-electron chi connectivity index (χ2n) is 3.90. The summed E-state index contributed by atoms with van der Waals surface area (Å²) in [5.41, 5.74) is 1.91. The van der Waals surface area contributed by atoms with E-state index in [-0.39, 0.29) is 10.6 Å². The lowest BCUT2D eigenvalue weighted by Crippen LogP contribution is -2.00. The number of nitrogens with one attached hydrogen (secondary N) is 1. The molecule has 0 saturated carbocycles. The fourth-order valence-electron chi connectivity index (χ4n) is 1.61. The third-order valence-corrected chi connectivity index (χ3v) is 3.68. The van der Waals surface area contributed by atoms with Gasteiger partial charge >= 0.3 is 0 Å². The molecule has 0 spiro atoms. The number of nitrogens with zero attached hydrogens (tertiary/aromatic N) is 1. The minimum Gasteiger partial charge on any atom is -0.380 e. The molecule has 0 aliphatic carbocycles. The molecule has 0 aromatic heterocycles. The summed E-state index contributed by atoms with van der Waals surface area (Å²) in [6.07, 6.45) is 0. The first-order chi connectivity index (χ1) is 9.06. The molecule has 2 aromatic rings. The van der Waals surface area contributed by atoms with Crippen LogP contribution >= 0.6 is 31.9 Å². The predicted octanol–water partition coefficient (Wildman–Crippen LogP) is 4.73. The minimum absolute atomic E-state index is 0.106. The Labute approximate surface area is 127 Å². The number of rotatable bonds is 4. The van der Waals surface area contributed by atoms with E-state index in [9.17, 15) is 10.1 Å². The van der Waals surface area contributed by atoms with E-state index < -0.39 is 0 Å². The molecule has 0 heterocycles. The van der Waals surface area contributed by atoms with Crippen LogP contribution in [0.2, 0.25) is 0 Å².